The first kappa shape index (κ1) is 16.5. The summed E-state index contributed by atoms with van der Waals surface area (Å²) in [7, 11) is 0. The number of carbonyl (C=O) groups is 2. The van der Waals surface area contributed by atoms with Crippen molar-refractivity contribution in [3.8, 4) is 0 Å². The molecule has 0 bridgehead atoms. The molecule has 4 heteroatoms. The Morgan fingerprint density at radius 3 is 2.32 bits per heavy atom. The van der Waals surface area contributed by atoms with Gasteiger partial charge in [0.2, 0.25) is 5.91 Å². The summed E-state index contributed by atoms with van der Waals surface area (Å²) in [6.07, 6.45) is 3.45. The number of hydrogen-bond donors (Lipinski definition) is 1. The van der Waals surface area contributed by atoms with E-state index in [0.717, 1.165) is 37.8 Å². The van der Waals surface area contributed by atoms with Gasteiger partial charge in [0.05, 0.1) is 0 Å². The Kier molecular flexibility index (Phi) is 5.99. The lowest BCUT2D eigenvalue weighted by Gasteiger charge is -2.31. The lowest BCUT2D eigenvalue weighted by atomic mass is 9.95. The van der Waals surface area contributed by atoms with Gasteiger partial charge in [0, 0.05) is 31.1 Å². The molecule has 0 unspecified atom stereocenters. The van der Waals surface area contributed by atoms with E-state index in [2.05, 4.69) is 12.2 Å². The fourth-order valence-corrected chi connectivity index (χ4v) is 2.80. The second kappa shape index (κ2) is 7.97. The van der Waals surface area contributed by atoms with E-state index in [0.29, 0.717) is 13.1 Å². The number of likely N-dealkylation sites (tertiary alicyclic amines) is 1. The molecule has 1 aliphatic rings. The second-order valence-electron chi connectivity index (χ2n) is 5.91. The van der Waals surface area contributed by atoms with Crippen molar-refractivity contribution in [1.82, 2.24) is 10.2 Å². The highest BCUT2D eigenvalue weighted by atomic mass is 16.2. The molecule has 1 aliphatic heterocycles. The van der Waals surface area contributed by atoms with Crippen LogP contribution in [0.1, 0.15) is 49.0 Å². The minimum absolute atomic E-state index is 0.0538. The van der Waals surface area contributed by atoms with Crippen LogP contribution in [0.3, 0.4) is 0 Å². The SMILES string of the molecule is CCCNC(=O)C1CCN(C(=O)c2ccc(CC)cc2)CC1. The van der Waals surface area contributed by atoms with Crippen molar-refractivity contribution in [3.05, 3.63) is 35.4 Å². The van der Waals surface area contributed by atoms with Crippen molar-refractivity contribution in [3.63, 3.8) is 0 Å². The monoisotopic (exact) mass is 302 g/mol. The summed E-state index contributed by atoms with van der Waals surface area (Å²) in [6, 6.07) is 7.83. The van der Waals surface area contributed by atoms with Crippen LogP contribution in [0.25, 0.3) is 0 Å². The molecule has 0 spiro atoms. The molecule has 1 aromatic rings. The van der Waals surface area contributed by atoms with Gasteiger partial charge in [0.1, 0.15) is 0 Å². The topological polar surface area (TPSA) is 49.4 Å². The molecule has 0 atom stereocenters. The quantitative estimate of drug-likeness (QED) is 0.909. The molecule has 0 radical (unpaired) electrons. The maximum Gasteiger partial charge on any atom is 0.253 e. The Balaban J connectivity index is 1.87. The summed E-state index contributed by atoms with van der Waals surface area (Å²) < 4.78 is 0. The predicted molar refractivity (Wildman–Crippen MR) is 87.7 cm³/mol. The molecular formula is C18H26N2O2. The standard InChI is InChI=1S/C18H26N2O2/c1-3-11-19-17(21)15-9-12-20(13-10-15)18(22)16-7-5-14(4-2)6-8-16/h5-8,15H,3-4,9-13H2,1-2H3,(H,19,21). The maximum atomic E-state index is 12.5. The fraction of sp³-hybridized carbons (Fsp3) is 0.556. The van der Waals surface area contributed by atoms with Gasteiger partial charge < -0.3 is 10.2 Å². The van der Waals surface area contributed by atoms with Crippen LogP contribution in [-0.4, -0.2) is 36.3 Å². The first-order chi connectivity index (χ1) is 10.7. The third-order valence-corrected chi connectivity index (χ3v) is 4.31. The Hall–Kier alpha value is -1.84. The van der Waals surface area contributed by atoms with E-state index >= 15 is 0 Å². The molecule has 2 amide bonds. The average Bonchev–Trinajstić information content (AvgIpc) is 2.59. The lowest BCUT2D eigenvalue weighted by molar-refractivity contribution is -0.126. The molecule has 4 nitrogen and oxygen atoms in total. The predicted octanol–water partition coefficient (Wildman–Crippen LogP) is 2.63. The van der Waals surface area contributed by atoms with Gasteiger partial charge in [-0.05, 0) is 43.4 Å². The number of carbonyl (C=O) groups excluding carboxylic acids is 2. The third-order valence-electron chi connectivity index (χ3n) is 4.31. The van der Waals surface area contributed by atoms with E-state index < -0.39 is 0 Å². The summed E-state index contributed by atoms with van der Waals surface area (Å²) in [5, 5.41) is 2.95. The number of piperidine rings is 1. The molecule has 2 rings (SSSR count). The van der Waals surface area contributed by atoms with E-state index in [4.69, 9.17) is 0 Å². The number of hydrogen-bond acceptors (Lipinski definition) is 2. The van der Waals surface area contributed by atoms with Crippen molar-refractivity contribution in [2.24, 2.45) is 5.92 Å². The van der Waals surface area contributed by atoms with Crippen LogP contribution in [0.4, 0.5) is 0 Å². The molecule has 1 aromatic carbocycles. The molecule has 120 valence electrons. The summed E-state index contributed by atoms with van der Waals surface area (Å²) >= 11 is 0. The van der Waals surface area contributed by atoms with Gasteiger partial charge in [-0.2, -0.15) is 0 Å². The number of rotatable bonds is 5. The van der Waals surface area contributed by atoms with Crippen LogP contribution in [0, 0.1) is 5.92 Å². The van der Waals surface area contributed by atoms with E-state index in [1.807, 2.05) is 36.1 Å². The number of aryl methyl sites for hydroxylation is 1. The van der Waals surface area contributed by atoms with Gasteiger partial charge >= 0.3 is 0 Å². The van der Waals surface area contributed by atoms with Crippen LogP contribution in [0.15, 0.2) is 24.3 Å². The zero-order valence-corrected chi connectivity index (χ0v) is 13.6. The normalized spacial score (nSPS) is 15.6. The molecule has 22 heavy (non-hydrogen) atoms. The van der Waals surface area contributed by atoms with Gasteiger partial charge in [-0.3, -0.25) is 9.59 Å². The lowest BCUT2D eigenvalue weighted by Crippen LogP contribution is -2.43. The minimum atomic E-state index is 0.0538. The van der Waals surface area contributed by atoms with Crippen molar-refractivity contribution in [1.29, 1.82) is 0 Å². The molecule has 0 aromatic heterocycles. The van der Waals surface area contributed by atoms with Crippen LogP contribution in [0.2, 0.25) is 0 Å². The van der Waals surface area contributed by atoms with E-state index in [1.165, 1.54) is 5.56 Å². The highest BCUT2D eigenvalue weighted by Crippen LogP contribution is 2.19. The van der Waals surface area contributed by atoms with Gasteiger partial charge in [-0.25, -0.2) is 0 Å². The maximum absolute atomic E-state index is 12.5. The van der Waals surface area contributed by atoms with Crippen LogP contribution in [-0.2, 0) is 11.2 Å². The largest absolute Gasteiger partial charge is 0.356 e. The zero-order valence-electron chi connectivity index (χ0n) is 13.6. The number of benzene rings is 1. The second-order valence-corrected chi connectivity index (χ2v) is 5.91. The van der Waals surface area contributed by atoms with Gasteiger partial charge in [0.25, 0.3) is 5.91 Å². The zero-order chi connectivity index (χ0) is 15.9. The molecule has 1 fully saturated rings. The number of amides is 2. The van der Waals surface area contributed by atoms with E-state index in [1.54, 1.807) is 0 Å². The molecule has 0 saturated carbocycles. The Bertz CT molecular complexity index is 502. The van der Waals surface area contributed by atoms with E-state index in [9.17, 15) is 9.59 Å². The number of nitrogens with one attached hydrogen (secondary N) is 1. The van der Waals surface area contributed by atoms with Crippen molar-refractivity contribution in [2.75, 3.05) is 19.6 Å². The van der Waals surface area contributed by atoms with Crippen molar-refractivity contribution in [2.45, 2.75) is 39.5 Å². The molecule has 1 saturated heterocycles. The Labute approximate surface area is 132 Å². The Morgan fingerprint density at radius 2 is 1.77 bits per heavy atom. The first-order valence-corrected chi connectivity index (χ1v) is 8.31. The molecule has 1 N–H and O–H groups in total. The third kappa shape index (κ3) is 4.09. The number of nitrogens with zero attached hydrogens (tertiary/aromatic N) is 1. The van der Waals surface area contributed by atoms with Crippen LogP contribution >= 0.6 is 0 Å². The van der Waals surface area contributed by atoms with Crippen LogP contribution in [0.5, 0.6) is 0 Å². The first-order valence-electron chi connectivity index (χ1n) is 8.31. The highest BCUT2D eigenvalue weighted by Gasteiger charge is 2.27. The average molecular weight is 302 g/mol. The summed E-state index contributed by atoms with van der Waals surface area (Å²) in [5.41, 5.74) is 1.98. The van der Waals surface area contributed by atoms with Gasteiger partial charge in [-0.15, -0.1) is 0 Å². The fourth-order valence-electron chi connectivity index (χ4n) is 2.80. The van der Waals surface area contributed by atoms with Crippen molar-refractivity contribution < 1.29 is 9.59 Å². The van der Waals surface area contributed by atoms with Crippen LogP contribution < -0.4 is 5.32 Å². The summed E-state index contributed by atoms with van der Waals surface area (Å²) in [5.74, 6) is 0.273. The van der Waals surface area contributed by atoms with E-state index in [-0.39, 0.29) is 17.7 Å². The Morgan fingerprint density at radius 1 is 1.14 bits per heavy atom. The van der Waals surface area contributed by atoms with Gasteiger partial charge in [0.15, 0.2) is 0 Å². The summed E-state index contributed by atoms with van der Waals surface area (Å²) in [6.45, 7) is 6.22. The smallest absolute Gasteiger partial charge is 0.253 e. The molecular weight excluding hydrogens is 276 g/mol. The molecule has 1 heterocycles. The van der Waals surface area contributed by atoms with Gasteiger partial charge in [-0.1, -0.05) is 26.0 Å². The van der Waals surface area contributed by atoms with Crippen molar-refractivity contribution >= 4 is 11.8 Å². The minimum Gasteiger partial charge on any atom is -0.356 e. The molecule has 0 aliphatic carbocycles. The highest BCUT2D eigenvalue weighted by molar-refractivity contribution is 5.94. The summed E-state index contributed by atoms with van der Waals surface area (Å²) in [4.78, 5) is 26.3.